The van der Waals surface area contributed by atoms with Crippen molar-refractivity contribution in [2.45, 2.75) is 123 Å². The van der Waals surface area contributed by atoms with Crippen LogP contribution in [0.2, 0.25) is 0 Å². The number of esters is 2. The number of aliphatic hydroxyl groups excluding tert-OH is 1. The molecule has 1 fully saturated rings. The number of pyridine rings is 2. The van der Waals surface area contributed by atoms with Crippen LogP contribution in [0.1, 0.15) is 106 Å². The van der Waals surface area contributed by atoms with Crippen molar-refractivity contribution in [3.63, 3.8) is 0 Å². The van der Waals surface area contributed by atoms with Gasteiger partial charge in [-0.05, 0) is 120 Å². The number of aliphatic hydroxyl groups is 2. The van der Waals surface area contributed by atoms with Gasteiger partial charge in [-0.25, -0.2) is 14.3 Å². The van der Waals surface area contributed by atoms with Crippen LogP contribution in [0.4, 0.5) is 5.69 Å². The summed E-state index contributed by atoms with van der Waals surface area (Å²) in [5.41, 5.74) is 3.28. The fraction of sp³-hybridized carbons (Fsp3) is 0.457. The first-order valence-corrected chi connectivity index (χ1v) is 25.0. The van der Waals surface area contributed by atoms with E-state index in [9.17, 15) is 33.4 Å². The molecule has 1 amide bonds. The van der Waals surface area contributed by atoms with Crippen molar-refractivity contribution in [3.8, 4) is 29.2 Å². The highest BCUT2D eigenvalue weighted by atomic mass is 31.2. The van der Waals surface area contributed by atoms with Gasteiger partial charge in [0.05, 0.1) is 48.3 Å². The maximum absolute atomic E-state index is 14.9. The van der Waals surface area contributed by atoms with Gasteiger partial charge < -0.3 is 43.7 Å². The minimum absolute atomic E-state index is 0.0178. The number of nitrogens with zero attached hydrogens (tertiary/aromatic N) is 2. The normalized spacial score (nSPS) is 21.2. The molecule has 66 heavy (non-hydrogen) atoms. The lowest BCUT2D eigenvalue weighted by Gasteiger charge is -2.32. The van der Waals surface area contributed by atoms with Crippen LogP contribution in [-0.4, -0.2) is 74.6 Å². The van der Waals surface area contributed by atoms with E-state index in [0.717, 1.165) is 11.1 Å². The molecule has 2 aliphatic heterocycles. The standard InChI is InChI=1S/C46H55N5O13P2/c1-8-33-34-23-32(19-20-38(34)48-40-35(33)25-51-39(40)24-37-36(42(51)54)26-60-44(56)46(37,57)9-2)64-66(59,49-27(4)43(55)62-45(5,6)7)63-31-17-15-29(16-18-31)47-41(53)28-11-13-30(14-12-28)50-65(58,10-3)61-22-21-52/h3,11-14,19-20,23-24,27,29,31,52,57H,8-9,15-18,21-22,25-26H2,1-2,4-7H3,(H,47,53)(H,49,59)(H,50,58)/t27?,29?,31?,46-,65?,66?/m0/s1. The van der Waals surface area contributed by atoms with Gasteiger partial charge in [0.25, 0.3) is 11.5 Å². The Hall–Kier alpha value is -5.37. The predicted molar refractivity (Wildman–Crippen MR) is 245 cm³/mol. The van der Waals surface area contributed by atoms with Crippen molar-refractivity contribution in [2.75, 3.05) is 18.3 Å². The number of rotatable bonds is 16. The molecule has 2 aromatic heterocycles. The largest absolute Gasteiger partial charge is 0.459 e. The first-order valence-electron chi connectivity index (χ1n) is 21.9. The van der Waals surface area contributed by atoms with Gasteiger partial charge in [-0.1, -0.05) is 13.8 Å². The number of carbonyl (C=O) groups is 3. The Bertz CT molecular complexity index is 2760. The van der Waals surface area contributed by atoms with Crippen LogP contribution in [0, 0.1) is 12.1 Å². The number of carbonyl (C=O) groups excluding carboxylic acids is 3. The zero-order valence-corrected chi connectivity index (χ0v) is 39.5. The minimum atomic E-state index is -4.34. The molecule has 2 aromatic carbocycles. The van der Waals surface area contributed by atoms with Crippen LogP contribution in [-0.2, 0) is 62.4 Å². The predicted octanol–water partition coefficient (Wildman–Crippen LogP) is 6.41. The first-order chi connectivity index (χ1) is 31.2. The molecule has 352 valence electrons. The Morgan fingerprint density at radius 2 is 1.77 bits per heavy atom. The molecule has 0 spiro atoms. The summed E-state index contributed by atoms with van der Waals surface area (Å²) in [7, 11) is -8.02. The number of anilines is 1. The molecular formula is C46H55N5O13P2. The second-order valence-electron chi connectivity index (χ2n) is 17.5. The Balaban J connectivity index is 1.09. The minimum Gasteiger partial charge on any atom is -0.459 e. The monoisotopic (exact) mass is 947 g/mol. The summed E-state index contributed by atoms with van der Waals surface area (Å²) < 4.78 is 57.5. The van der Waals surface area contributed by atoms with Gasteiger partial charge in [-0.2, -0.15) is 5.09 Å². The molecule has 20 heteroatoms. The average Bonchev–Trinajstić information content (AvgIpc) is 3.64. The molecule has 4 aromatic rings. The van der Waals surface area contributed by atoms with Gasteiger partial charge in [0.1, 0.15) is 24.0 Å². The zero-order valence-electron chi connectivity index (χ0n) is 37.7. The molecule has 18 nitrogen and oxygen atoms in total. The van der Waals surface area contributed by atoms with Gasteiger partial charge in [0.2, 0.25) is 0 Å². The van der Waals surface area contributed by atoms with Crippen molar-refractivity contribution in [2.24, 2.45) is 0 Å². The molecule has 0 radical (unpaired) electrons. The topological polar surface area (TPSA) is 243 Å². The van der Waals surface area contributed by atoms with Crippen LogP contribution < -0.4 is 25.6 Å². The van der Waals surface area contributed by atoms with E-state index in [1.807, 2.05) is 6.92 Å². The van der Waals surface area contributed by atoms with Crippen LogP contribution >= 0.6 is 15.3 Å². The molecule has 1 aliphatic carbocycles. The van der Waals surface area contributed by atoms with E-state index < -0.39 is 50.6 Å². The van der Waals surface area contributed by atoms with Crippen molar-refractivity contribution in [3.05, 3.63) is 86.7 Å². The Morgan fingerprint density at radius 3 is 2.41 bits per heavy atom. The molecule has 0 saturated heterocycles. The summed E-state index contributed by atoms with van der Waals surface area (Å²) in [5, 5.41) is 29.5. The number of terminal acetylenes is 1. The van der Waals surface area contributed by atoms with E-state index >= 15 is 0 Å². The summed E-state index contributed by atoms with van der Waals surface area (Å²) in [6, 6.07) is 11.5. The lowest BCUT2D eigenvalue weighted by molar-refractivity contribution is -0.172. The summed E-state index contributed by atoms with van der Waals surface area (Å²) >= 11 is 0. The van der Waals surface area contributed by atoms with E-state index in [0.29, 0.717) is 65.6 Å². The number of ether oxygens (including phenoxy) is 2. The maximum atomic E-state index is 14.9. The van der Waals surface area contributed by atoms with E-state index in [1.165, 1.54) is 6.92 Å². The summed E-state index contributed by atoms with van der Waals surface area (Å²) in [6.07, 6.45) is 7.07. The Labute approximate surface area is 382 Å². The molecule has 7 rings (SSSR count). The number of hydrogen-bond acceptors (Lipinski definition) is 14. The second-order valence-corrected chi connectivity index (χ2v) is 21.0. The van der Waals surface area contributed by atoms with Crippen LogP contribution in [0.5, 0.6) is 5.75 Å². The van der Waals surface area contributed by atoms with Crippen LogP contribution in [0.15, 0.2) is 53.3 Å². The van der Waals surface area contributed by atoms with Crippen molar-refractivity contribution >= 4 is 49.7 Å². The van der Waals surface area contributed by atoms with E-state index in [1.54, 1.807) is 80.8 Å². The Morgan fingerprint density at radius 1 is 1.06 bits per heavy atom. The van der Waals surface area contributed by atoms with Crippen LogP contribution in [0.25, 0.3) is 22.3 Å². The lowest BCUT2D eigenvalue weighted by atomic mass is 9.86. The number of cyclic esters (lactones) is 1. The van der Waals surface area contributed by atoms with E-state index in [2.05, 4.69) is 21.2 Å². The SMILES string of the molecule is C#CP(=O)(Nc1ccc(C(=O)NC2CCC(OP(=O)(NC(C)C(=O)OC(C)(C)C)Oc3ccc4nc5c(c(CC)c4c3)Cn3c-5cc4c(c3=O)COC(=O)[C@]4(O)CC)CC2)cc1)OCCO. The van der Waals surface area contributed by atoms with Crippen molar-refractivity contribution in [1.82, 2.24) is 20.0 Å². The average molecular weight is 948 g/mol. The summed E-state index contributed by atoms with van der Waals surface area (Å²) in [6.45, 7) is 9.66. The summed E-state index contributed by atoms with van der Waals surface area (Å²) in [5.74, 6) is -1.64. The fourth-order valence-electron chi connectivity index (χ4n) is 8.41. The highest BCUT2D eigenvalue weighted by Crippen LogP contribution is 2.50. The quantitative estimate of drug-likeness (QED) is 0.0408. The third kappa shape index (κ3) is 10.1. The second kappa shape index (κ2) is 19.1. The number of nitrogens with one attached hydrogen (secondary N) is 3. The summed E-state index contributed by atoms with van der Waals surface area (Å²) in [4.78, 5) is 57.9. The van der Waals surface area contributed by atoms with Gasteiger partial charge in [-0.3, -0.25) is 23.5 Å². The van der Waals surface area contributed by atoms with Gasteiger partial charge in [0.15, 0.2) is 5.60 Å². The number of aryl methyl sites for hydroxylation is 1. The van der Waals surface area contributed by atoms with Gasteiger partial charge in [-0.15, -0.1) is 6.42 Å². The highest BCUT2D eigenvalue weighted by molar-refractivity contribution is 7.65. The van der Waals surface area contributed by atoms with Gasteiger partial charge >= 0.3 is 27.2 Å². The third-order valence-corrected chi connectivity index (χ3v) is 14.9. The first kappa shape index (κ1) is 48.6. The highest BCUT2D eigenvalue weighted by Gasteiger charge is 2.46. The fourth-order valence-corrected chi connectivity index (χ4v) is 11.2. The molecule has 3 unspecified atom stereocenters. The Kier molecular flexibility index (Phi) is 14.0. The van der Waals surface area contributed by atoms with Crippen molar-refractivity contribution in [1.29, 1.82) is 0 Å². The lowest BCUT2D eigenvalue weighted by Crippen LogP contribution is -2.44. The number of aromatic nitrogens is 2. The molecule has 4 heterocycles. The number of benzene rings is 2. The molecule has 1 saturated carbocycles. The molecule has 3 aliphatic rings. The van der Waals surface area contributed by atoms with Gasteiger partial charge in [0, 0.05) is 39.5 Å². The molecule has 4 atom stereocenters. The molecular weight excluding hydrogens is 892 g/mol. The molecule has 5 N–H and O–H groups in total. The zero-order chi connectivity index (χ0) is 47.8. The smallest absolute Gasteiger partial charge is 0.459 e. The maximum Gasteiger partial charge on any atom is 0.459 e. The van der Waals surface area contributed by atoms with Crippen LogP contribution in [0.3, 0.4) is 0 Å². The number of amides is 1. The molecule has 0 bridgehead atoms. The van der Waals surface area contributed by atoms with E-state index in [-0.39, 0.29) is 67.2 Å². The van der Waals surface area contributed by atoms with Crippen molar-refractivity contribution < 1.29 is 56.8 Å². The number of hydrogen-bond donors (Lipinski definition) is 5. The number of fused-ring (bicyclic) bond motifs is 5. The third-order valence-electron chi connectivity index (χ3n) is 11.7. The van der Waals surface area contributed by atoms with E-state index in [4.69, 9.17) is 39.6 Å².